The third-order valence-corrected chi connectivity index (χ3v) is 5.04. The average molecular weight is 388 g/mol. The van der Waals surface area contributed by atoms with Crippen molar-refractivity contribution in [1.29, 1.82) is 0 Å². The SMILES string of the molecule is COc1ccc(O[C@@H]2O[C@@H](C)[C@H]3OC(OC)(c4ccccc4)O[C@H]3[C@@H]2O)cc1. The van der Waals surface area contributed by atoms with E-state index in [0.29, 0.717) is 17.1 Å². The summed E-state index contributed by atoms with van der Waals surface area (Å²) in [6, 6.07) is 16.4. The van der Waals surface area contributed by atoms with Crippen LogP contribution in [0.25, 0.3) is 0 Å². The molecular weight excluding hydrogens is 364 g/mol. The standard InChI is InChI=1S/C21H24O7/c1-13-18-19(28-21(24-3,27-18)14-7-5-4-6-8-14)17(22)20(25-13)26-16-11-9-15(23-2)10-12-16/h4-13,17-20,22H,1-3H3/t13-,17-,18+,19-,20-,21?/m0/s1. The molecule has 2 heterocycles. The van der Waals surface area contributed by atoms with E-state index < -0.39 is 30.6 Å². The highest BCUT2D eigenvalue weighted by Gasteiger charge is 2.58. The van der Waals surface area contributed by atoms with Crippen molar-refractivity contribution in [2.24, 2.45) is 0 Å². The van der Waals surface area contributed by atoms with Crippen LogP contribution >= 0.6 is 0 Å². The van der Waals surface area contributed by atoms with E-state index in [0.717, 1.165) is 0 Å². The molecule has 0 aromatic heterocycles. The van der Waals surface area contributed by atoms with E-state index in [1.807, 2.05) is 37.3 Å². The first-order chi connectivity index (χ1) is 13.6. The van der Waals surface area contributed by atoms with Crippen LogP contribution in [0, 0.1) is 0 Å². The molecule has 2 aromatic rings. The van der Waals surface area contributed by atoms with Crippen LogP contribution in [-0.4, -0.2) is 50.0 Å². The van der Waals surface area contributed by atoms with Gasteiger partial charge in [0.25, 0.3) is 0 Å². The van der Waals surface area contributed by atoms with Crippen LogP contribution in [-0.2, 0) is 24.9 Å². The minimum Gasteiger partial charge on any atom is -0.497 e. The Bertz CT molecular complexity index is 781. The lowest BCUT2D eigenvalue weighted by Gasteiger charge is -2.38. The summed E-state index contributed by atoms with van der Waals surface area (Å²) in [5.74, 6) is -0.133. The van der Waals surface area contributed by atoms with Crippen LogP contribution in [0.15, 0.2) is 54.6 Å². The number of aliphatic hydroxyl groups excluding tert-OH is 1. The van der Waals surface area contributed by atoms with E-state index in [1.54, 1.807) is 31.4 Å². The van der Waals surface area contributed by atoms with Crippen molar-refractivity contribution in [3.05, 3.63) is 60.2 Å². The van der Waals surface area contributed by atoms with Crippen molar-refractivity contribution >= 4 is 0 Å². The number of benzene rings is 2. The number of hydrogen-bond acceptors (Lipinski definition) is 7. The summed E-state index contributed by atoms with van der Waals surface area (Å²) in [7, 11) is 3.10. The smallest absolute Gasteiger partial charge is 0.312 e. The predicted molar refractivity (Wildman–Crippen MR) is 98.8 cm³/mol. The maximum Gasteiger partial charge on any atom is 0.312 e. The van der Waals surface area contributed by atoms with Crippen LogP contribution in [0.2, 0.25) is 0 Å². The molecule has 0 saturated carbocycles. The molecular formula is C21H24O7. The van der Waals surface area contributed by atoms with E-state index in [-0.39, 0.29) is 6.10 Å². The first-order valence-corrected chi connectivity index (χ1v) is 9.17. The van der Waals surface area contributed by atoms with Crippen LogP contribution in [0.3, 0.4) is 0 Å². The number of rotatable bonds is 5. The molecule has 0 bridgehead atoms. The maximum absolute atomic E-state index is 10.9. The molecule has 1 unspecified atom stereocenters. The van der Waals surface area contributed by atoms with E-state index in [4.69, 9.17) is 28.4 Å². The highest BCUT2D eigenvalue weighted by atomic mass is 16.9. The zero-order valence-electron chi connectivity index (χ0n) is 16.0. The van der Waals surface area contributed by atoms with Gasteiger partial charge >= 0.3 is 5.97 Å². The number of hydrogen-bond donors (Lipinski definition) is 1. The fraction of sp³-hybridized carbons (Fsp3) is 0.429. The van der Waals surface area contributed by atoms with Gasteiger partial charge in [-0.15, -0.1) is 0 Å². The Morgan fingerprint density at radius 2 is 1.54 bits per heavy atom. The lowest BCUT2D eigenvalue weighted by atomic mass is 10.00. The van der Waals surface area contributed by atoms with Gasteiger partial charge in [0.15, 0.2) is 0 Å². The van der Waals surface area contributed by atoms with Crippen LogP contribution in [0.1, 0.15) is 12.5 Å². The summed E-state index contributed by atoms with van der Waals surface area (Å²) in [5, 5.41) is 10.9. The third-order valence-electron chi connectivity index (χ3n) is 5.04. The first kappa shape index (κ1) is 19.2. The number of aliphatic hydroxyl groups is 1. The minimum atomic E-state index is -1.40. The van der Waals surface area contributed by atoms with E-state index in [1.165, 1.54) is 7.11 Å². The van der Waals surface area contributed by atoms with Gasteiger partial charge in [0.05, 0.1) is 13.2 Å². The van der Waals surface area contributed by atoms with Gasteiger partial charge < -0.3 is 33.5 Å². The molecule has 0 radical (unpaired) electrons. The molecule has 2 aliphatic heterocycles. The molecule has 2 saturated heterocycles. The maximum atomic E-state index is 10.9. The third kappa shape index (κ3) is 3.36. The molecule has 0 spiro atoms. The summed E-state index contributed by atoms with van der Waals surface area (Å²) in [4.78, 5) is 0. The van der Waals surface area contributed by atoms with Gasteiger partial charge in [-0.3, -0.25) is 0 Å². The minimum absolute atomic E-state index is 0.377. The highest BCUT2D eigenvalue weighted by molar-refractivity contribution is 5.31. The Morgan fingerprint density at radius 3 is 2.18 bits per heavy atom. The Labute approximate surface area is 163 Å². The predicted octanol–water partition coefficient (Wildman–Crippen LogP) is 2.42. The van der Waals surface area contributed by atoms with Crippen LogP contribution < -0.4 is 9.47 Å². The molecule has 2 aromatic carbocycles. The van der Waals surface area contributed by atoms with Crippen molar-refractivity contribution in [3.63, 3.8) is 0 Å². The van der Waals surface area contributed by atoms with Gasteiger partial charge in [0, 0.05) is 12.7 Å². The number of fused-ring (bicyclic) bond motifs is 1. The van der Waals surface area contributed by atoms with E-state index >= 15 is 0 Å². The van der Waals surface area contributed by atoms with Crippen molar-refractivity contribution in [3.8, 4) is 11.5 Å². The lowest BCUT2D eigenvalue weighted by Crippen LogP contribution is -2.57. The molecule has 0 amide bonds. The molecule has 0 aliphatic carbocycles. The zero-order valence-corrected chi connectivity index (χ0v) is 16.0. The van der Waals surface area contributed by atoms with Crippen molar-refractivity contribution in [1.82, 2.24) is 0 Å². The molecule has 1 N–H and O–H groups in total. The average Bonchev–Trinajstić information content (AvgIpc) is 3.15. The Balaban J connectivity index is 1.54. The second kappa shape index (κ2) is 7.69. The number of methoxy groups -OCH3 is 2. The topological polar surface area (TPSA) is 75.6 Å². The fourth-order valence-corrected chi connectivity index (χ4v) is 3.55. The van der Waals surface area contributed by atoms with Gasteiger partial charge in [-0.2, -0.15) is 0 Å². The molecule has 7 heteroatoms. The monoisotopic (exact) mass is 388 g/mol. The van der Waals surface area contributed by atoms with E-state index in [9.17, 15) is 5.11 Å². The summed E-state index contributed by atoms with van der Waals surface area (Å²) in [6.45, 7) is 1.86. The Morgan fingerprint density at radius 1 is 0.893 bits per heavy atom. The van der Waals surface area contributed by atoms with Crippen molar-refractivity contribution in [2.75, 3.05) is 14.2 Å². The van der Waals surface area contributed by atoms with E-state index in [2.05, 4.69) is 0 Å². The summed E-state index contributed by atoms with van der Waals surface area (Å²) in [5.41, 5.74) is 0.707. The summed E-state index contributed by atoms with van der Waals surface area (Å²) >= 11 is 0. The molecule has 2 aliphatic rings. The van der Waals surface area contributed by atoms with Gasteiger partial charge in [-0.1, -0.05) is 30.3 Å². The van der Waals surface area contributed by atoms with Crippen molar-refractivity contribution in [2.45, 2.75) is 43.6 Å². The second-order valence-electron chi connectivity index (χ2n) is 6.78. The van der Waals surface area contributed by atoms with Gasteiger partial charge in [-0.05, 0) is 31.2 Å². The lowest BCUT2D eigenvalue weighted by molar-refractivity contribution is -0.345. The molecule has 4 rings (SSSR count). The first-order valence-electron chi connectivity index (χ1n) is 9.17. The molecule has 7 nitrogen and oxygen atoms in total. The largest absolute Gasteiger partial charge is 0.497 e. The second-order valence-corrected chi connectivity index (χ2v) is 6.78. The fourth-order valence-electron chi connectivity index (χ4n) is 3.55. The van der Waals surface area contributed by atoms with Crippen LogP contribution in [0.4, 0.5) is 0 Å². The van der Waals surface area contributed by atoms with Gasteiger partial charge in [0.1, 0.15) is 29.8 Å². The van der Waals surface area contributed by atoms with Gasteiger partial charge in [-0.25, -0.2) is 0 Å². The molecule has 28 heavy (non-hydrogen) atoms. The zero-order chi connectivity index (χ0) is 19.7. The summed E-state index contributed by atoms with van der Waals surface area (Å²) in [6.07, 6.45) is -3.53. The molecule has 2 fully saturated rings. The Hall–Kier alpha value is -2.16. The van der Waals surface area contributed by atoms with Crippen molar-refractivity contribution < 1.29 is 33.5 Å². The molecule has 6 atom stereocenters. The Kier molecular flexibility index (Phi) is 5.27. The van der Waals surface area contributed by atoms with Gasteiger partial charge in [0.2, 0.25) is 6.29 Å². The normalized spacial score (nSPS) is 34.6. The quantitative estimate of drug-likeness (QED) is 0.843. The summed E-state index contributed by atoms with van der Waals surface area (Å²) < 4.78 is 34.7. The number of ether oxygens (including phenoxy) is 6. The van der Waals surface area contributed by atoms with Crippen LogP contribution in [0.5, 0.6) is 11.5 Å². The highest BCUT2D eigenvalue weighted by Crippen LogP contribution is 2.43. The molecule has 150 valence electrons.